The number of aliphatic hydroxyl groups is 1. The van der Waals surface area contributed by atoms with Gasteiger partial charge in [-0.3, -0.25) is 0 Å². The summed E-state index contributed by atoms with van der Waals surface area (Å²) in [5, 5.41) is 12.1. The van der Waals surface area contributed by atoms with Crippen LogP contribution in [0.3, 0.4) is 0 Å². The van der Waals surface area contributed by atoms with Gasteiger partial charge in [-0.05, 0) is 29.8 Å². The van der Waals surface area contributed by atoms with E-state index in [9.17, 15) is 5.11 Å². The second kappa shape index (κ2) is 6.52. The summed E-state index contributed by atoms with van der Waals surface area (Å²) in [7, 11) is 0. The lowest BCUT2D eigenvalue weighted by Gasteiger charge is -2.21. The topological polar surface area (TPSA) is 46.2 Å². The number of halogens is 4. The fourth-order valence-corrected chi connectivity index (χ4v) is 2.93. The lowest BCUT2D eigenvalue weighted by molar-refractivity contribution is 0.147. The molecule has 2 aromatic rings. The minimum atomic E-state index is -1.00. The highest BCUT2D eigenvalue weighted by atomic mass is 35.5. The smallest absolute Gasteiger partial charge is 0.0997 e. The number of hydrogen-bond acceptors (Lipinski definition) is 2. The zero-order valence-corrected chi connectivity index (χ0v) is 13.2. The molecule has 0 aliphatic heterocycles. The maximum atomic E-state index is 10.4. The van der Waals surface area contributed by atoms with Crippen molar-refractivity contribution in [2.45, 2.75) is 12.1 Å². The Balaban J connectivity index is 2.34. The van der Waals surface area contributed by atoms with Crippen molar-refractivity contribution in [2.75, 3.05) is 0 Å². The SMILES string of the molecule is NC(c1ccc(Cl)cc1Cl)C(O)c1ccc(Cl)cc1Cl. The second-order valence-corrected chi connectivity index (χ2v) is 5.99. The number of aliphatic hydroxyl groups excluding tert-OH is 1. The van der Waals surface area contributed by atoms with Gasteiger partial charge in [0.1, 0.15) is 0 Å². The molecule has 0 amide bonds. The molecule has 3 N–H and O–H groups in total. The van der Waals surface area contributed by atoms with E-state index in [1.165, 1.54) is 0 Å². The van der Waals surface area contributed by atoms with Crippen LogP contribution in [0.15, 0.2) is 36.4 Å². The van der Waals surface area contributed by atoms with E-state index < -0.39 is 12.1 Å². The van der Waals surface area contributed by atoms with Crippen molar-refractivity contribution in [3.63, 3.8) is 0 Å². The van der Waals surface area contributed by atoms with Gasteiger partial charge in [-0.1, -0.05) is 58.5 Å². The first-order chi connectivity index (χ1) is 9.40. The highest BCUT2D eigenvalue weighted by molar-refractivity contribution is 6.35. The van der Waals surface area contributed by atoms with E-state index in [0.717, 1.165) is 0 Å². The fourth-order valence-electron chi connectivity index (χ4n) is 1.88. The standard InChI is InChI=1S/C14H11Cl4NO/c15-7-1-3-9(11(17)5-7)13(19)14(20)10-4-2-8(16)6-12(10)18/h1-6,13-14,20H,19H2. The summed E-state index contributed by atoms with van der Waals surface area (Å²) in [5.41, 5.74) is 7.15. The van der Waals surface area contributed by atoms with Crippen molar-refractivity contribution in [2.24, 2.45) is 5.73 Å². The first kappa shape index (κ1) is 15.9. The summed E-state index contributed by atoms with van der Waals surface area (Å²) in [6, 6.07) is 9.04. The maximum Gasteiger partial charge on any atom is 0.0997 e. The van der Waals surface area contributed by atoms with Gasteiger partial charge in [-0.25, -0.2) is 0 Å². The normalized spacial score (nSPS) is 14.1. The second-order valence-electron chi connectivity index (χ2n) is 4.30. The molecule has 106 valence electrons. The van der Waals surface area contributed by atoms with Crippen LogP contribution >= 0.6 is 46.4 Å². The average molecular weight is 351 g/mol. The Morgan fingerprint density at radius 1 is 0.800 bits per heavy atom. The Bertz CT molecular complexity index is 577. The van der Waals surface area contributed by atoms with Crippen molar-refractivity contribution < 1.29 is 5.11 Å². The summed E-state index contributed by atoms with van der Waals surface area (Å²) in [5.74, 6) is 0. The van der Waals surface area contributed by atoms with Gasteiger partial charge in [0.15, 0.2) is 0 Å². The summed E-state index contributed by atoms with van der Waals surface area (Å²) < 4.78 is 0. The number of nitrogens with two attached hydrogens (primary N) is 1. The molecule has 0 spiro atoms. The molecule has 0 aliphatic rings. The maximum absolute atomic E-state index is 10.4. The third kappa shape index (κ3) is 3.40. The molecular weight excluding hydrogens is 340 g/mol. The van der Waals surface area contributed by atoms with E-state index in [2.05, 4.69) is 0 Å². The Kier molecular flexibility index (Phi) is 5.19. The van der Waals surface area contributed by atoms with Crippen LogP contribution < -0.4 is 5.73 Å². The van der Waals surface area contributed by atoms with Gasteiger partial charge >= 0.3 is 0 Å². The van der Waals surface area contributed by atoms with Crippen molar-refractivity contribution >= 4 is 46.4 Å². The van der Waals surface area contributed by atoms with Gasteiger partial charge in [0.05, 0.1) is 12.1 Å². The van der Waals surface area contributed by atoms with Crippen LogP contribution in [-0.2, 0) is 0 Å². The van der Waals surface area contributed by atoms with Crippen LogP contribution in [0.4, 0.5) is 0 Å². The molecule has 0 fully saturated rings. The van der Waals surface area contributed by atoms with E-state index in [-0.39, 0.29) is 0 Å². The molecule has 0 aromatic heterocycles. The molecule has 2 atom stereocenters. The Morgan fingerprint density at radius 2 is 1.25 bits per heavy atom. The molecule has 0 saturated carbocycles. The van der Waals surface area contributed by atoms with Gasteiger partial charge in [0.25, 0.3) is 0 Å². The van der Waals surface area contributed by atoms with E-state index >= 15 is 0 Å². The summed E-state index contributed by atoms with van der Waals surface area (Å²) in [4.78, 5) is 0. The lowest BCUT2D eigenvalue weighted by atomic mass is 9.96. The molecule has 2 unspecified atom stereocenters. The van der Waals surface area contributed by atoms with Crippen LogP contribution in [0.5, 0.6) is 0 Å². The van der Waals surface area contributed by atoms with Crippen molar-refractivity contribution in [1.29, 1.82) is 0 Å². The van der Waals surface area contributed by atoms with Crippen molar-refractivity contribution in [1.82, 2.24) is 0 Å². The molecular formula is C14H11Cl4NO. The minimum absolute atomic E-state index is 0.352. The zero-order valence-electron chi connectivity index (χ0n) is 10.2. The molecule has 2 nitrogen and oxygen atoms in total. The van der Waals surface area contributed by atoms with Gasteiger partial charge in [-0.15, -0.1) is 0 Å². The van der Waals surface area contributed by atoms with Crippen molar-refractivity contribution in [3.8, 4) is 0 Å². The average Bonchev–Trinajstić information content (AvgIpc) is 2.37. The minimum Gasteiger partial charge on any atom is -0.386 e. The van der Waals surface area contributed by atoms with Crippen LogP contribution in [0, 0.1) is 0 Å². The number of hydrogen-bond donors (Lipinski definition) is 2. The zero-order chi connectivity index (χ0) is 14.9. The van der Waals surface area contributed by atoms with Gasteiger partial charge < -0.3 is 10.8 Å². The van der Waals surface area contributed by atoms with Gasteiger partial charge in [-0.2, -0.15) is 0 Å². The van der Waals surface area contributed by atoms with E-state index in [1.54, 1.807) is 36.4 Å². The predicted octanol–water partition coefficient (Wildman–Crippen LogP) is 5.03. The molecule has 0 heterocycles. The molecule has 2 aromatic carbocycles. The van der Waals surface area contributed by atoms with Crippen LogP contribution in [0.2, 0.25) is 20.1 Å². The molecule has 2 rings (SSSR count). The first-order valence-corrected chi connectivity index (χ1v) is 7.25. The third-order valence-corrected chi connectivity index (χ3v) is 4.07. The van der Waals surface area contributed by atoms with E-state index in [4.69, 9.17) is 52.1 Å². The highest BCUT2D eigenvalue weighted by Crippen LogP contribution is 2.35. The number of benzene rings is 2. The third-order valence-electron chi connectivity index (χ3n) is 2.94. The Hall–Kier alpha value is -0.480. The highest BCUT2D eigenvalue weighted by Gasteiger charge is 2.23. The van der Waals surface area contributed by atoms with Crippen LogP contribution in [0.25, 0.3) is 0 Å². The largest absolute Gasteiger partial charge is 0.386 e. The van der Waals surface area contributed by atoms with Crippen molar-refractivity contribution in [3.05, 3.63) is 67.6 Å². The molecule has 0 saturated heterocycles. The fraction of sp³-hybridized carbons (Fsp3) is 0.143. The molecule has 20 heavy (non-hydrogen) atoms. The molecule has 6 heteroatoms. The lowest BCUT2D eigenvalue weighted by Crippen LogP contribution is -2.20. The Morgan fingerprint density at radius 3 is 1.70 bits per heavy atom. The Labute approximate surface area is 137 Å². The molecule has 0 aliphatic carbocycles. The van der Waals surface area contributed by atoms with Crippen LogP contribution in [-0.4, -0.2) is 5.11 Å². The monoisotopic (exact) mass is 349 g/mol. The van der Waals surface area contributed by atoms with E-state index in [1.807, 2.05) is 0 Å². The van der Waals surface area contributed by atoms with Gasteiger partial charge in [0, 0.05) is 25.7 Å². The van der Waals surface area contributed by atoms with Gasteiger partial charge in [0.2, 0.25) is 0 Å². The van der Waals surface area contributed by atoms with E-state index in [0.29, 0.717) is 31.2 Å². The first-order valence-electron chi connectivity index (χ1n) is 5.73. The number of rotatable bonds is 3. The molecule has 0 bridgehead atoms. The quantitative estimate of drug-likeness (QED) is 0.815. The predicted molar refractivity (Wildman–Crippen MR) is 84.8 cm³/mol. The molecule has 0 radical (unpaired) electrons. The van der Waals surface area contributed by atoms with Crippen LogP contribution in [0.1, 0.15) is 23.3 Å². The summed E-state index contributed by atoms with van der Waals surface area (Å²) in [6.45, 7) is 0. The summed E-state index contributed by atoms with van der Waals surface area (Å²) in [6.07, 6.45) is -1.00. The summed E-state index contributed by atoms with van der Waals surface area (Å²) >= 11 is 23.8.